The molecule has 3 nitrogen and oxygen atoms in total. The second-order valence-corrected chi connectivity index (χ2v) is 4.65. The molecule has 0 saturated carbocycles. The van der Waals surface area contributed by atoms with Crippen LogP contribution < -0.4 is 10.6 Å². The Balaban J connectivity index is 2.24. The maximum Gasteiger partial charge on any atom is 0.0992 e. The summed E-state index contributed by atoms with van der Waals surface area (Å²) in [5.41, 5.74) is 9.40. The normalized spacial score (nSPS) is 9.88. The molecule has 0 aliphatic heterocycles. The minimum atomic E-state index is 0.631. The summed E-state index contributed by atoms with van der Waals surface area (Å²) in [5.74, 6) is 0. The molecule has 0 spiro atoms. The average molecular weight is 243 g/mol. The first-order valence-corrected chi connectivity index (χ1v) is 6.17. The minimum absolute atomic E-state index is 0.631. The van der Waals surface area contributed by atoms with Gasteiger partial charge in [-0.1, -0.05) is 0 Å². The first kappa shape index (κ1) is 11.5. The van der Waals surface area contributed by atoms with Crippen LogP contribution in [0.15, 0.2) is 35.0 Å². The van der Waals surface area contributed by atoms with Crippen molar-refractivity contribution >= 4 is 22.7 Å². The van der Waals surface area contributed by atoms with E-state index in [0.717, 1.165) is 12.2 Å². The zero-order chi connectivity index (χ0) is 12.3. The fraction of sp³-hybridized carbons (Fsp3) is 0.154. The van der Waals surface area contributed by atoms with Crippen LogP contribution in [0.1, 0.15) is 11.1 Å². The summed E-state index contributed by atoms with van der Waals surface area (Å²) in [5, 5.41) is 13.0. The average Bonchev–Trinajstić information content (AvgIpc) is 2.82. The second kappa shape index (κ2) is 4.89. The Kier molecular flexibility index (Phi) is 3.31. The number of nitrogen functional groups attached to an aromatic ring is 1. The molecule has 86 valence electrons. The maximum absolute atomic E-state index is 8.88. The highest BCUT2D eigenvalue weighted by molar-refractivity contribution is 7.07. The van der Waals surface area contributed by atoms with Crippen LogP contribution in [0.4, 0.5) is 11.4 Å². The van der Waals surface area contributed by atoms with Gasteiger partial charge in [-0.3, -0.25) is 0 Å². The number of anilines is 2. The third-order valence-electron chi connectivity index (χ3n) is 2.57. The molecule has 0 unspecified atom stereocenters. The fourth-order valence-electron chi connectivity index (χ4n) is 1.69. The molecule has 2 rings (SSSR count). The van der Waals surface area contributed by atoms with E-state index in [2.05, 4.69) is 27.8 Å². The van der Waals surface area contributed by atoms with E-state index in [1.807, 2.05) is 13.1 Å². The van der Waals surface area contributed by atoms with E-state index in [-0.39, 0.29) is 0 Å². The molecule has 0 aliphatic carbocycles. The molecule has 0 radical (unpaired) electrons. The van der Waals surface area contributed by atoms with Gasteiger partial charge in [0, 0.05) is 13.6 Å². The number of hydrogen-bond acceptors (Lipinski definition) is 4. The number of nitrogens with two attached hydrogens (primary N) is 1. The second-order valence-electron chi connectivity index (χ2n) is 3.87. The first-order valence-electron chi connectivity index (χ1n) is 5.22. The van der Waals surface area contributed by atoms with Crippen molar-refractivity contribution < 1.29 is 0 Å². The summed E-state index contributed by atoms with van der Waals surface area (Å²) in [7, 11) is 1.98. The highest BCUT2D eigenvalue weighted by Crippen LogP contribution is 2.25. The molecule has 0 amide bonds. The molecule has 2 aromatic rings. The van der Waals surface area contributed by atoms with Crippen LogP contribution in [0.25, 0.3) is 0 Å². The number of nitriles is 1. The Labute approximate surface area is 105 Å². The van der Waals surface area contributed by atoms with Gasteiger partial charge >= 0.3 is 0 Å². The molecule has 0 atom stereocenters. The van der Waals surface area contributed by atoms with Gasteiger partial charge in [0.15, 0.2) is 0 Å². The molecular weight excluding hydrogens is 230 g/mol. The molecular formula is C13H13N3S. The molecule has 0 saturated heterocycles. The fourth-order valence-corrected chi connectivity index (χ4v) is 2.35. The Morgan fingerprint density at radius 1 is 1.41 bits per heavy atom. The van der Waals surface area contributed by atoms with Crippen LogP contribution in [-0.2, 0) is 6.54 Å². The number of nitrogens with zero attached hydrogens (tertiary/aromatic N) is 2. The van der Waals surface area contributed by atoms with Crippen molar-refractivity contribution in [1.29, 1.82) is 5.26 Å². The van der Waals surface area contributed by atoms with Crippen molar-refractivity contribution in [2.75, 3.05) is 17.7 Å². The number of rotatable bonds is 3. The highest BCUT2D eigenvalue weighted by atomic mass is 32.1. The monoisotopic (exact) mass is 243 g/mol. The van der Waals surface area contributed by atoms with Crippen LogP contribution in [0.3, 0.4) is 0 Å². The van der Waals surface area contributed by atoms with Gasteiger partial charge in [-0.25, -0.2) is 0 Å². The zero-order valence-corrected chi connectivity index (χ0v) is 10.4. The van der Waals surface area contributed by atoms with Crippen molar-refractivity contribution in [3.63, 3.8) is 0 Å². The van der Waals surface area contributed by atoms with Gasteiger partial charge in [0.1, 0.15) is 0 Å². The number of benzene rings is 1. The minimum Gasteiger partial charge on any atom is -0.397 e. The molecule has 0 fully saturated rings. The zero-order valence-electron chi connectivity index (χ0n) is 9.55. The molecule has 0 bridgehead atoms. The summed E-state index contributed by atoms with van der Waals surface area (Å²) in [6, 6.07) is 9.55. The lowest BCUT2D eigenvalue weighted by atomic mass is 10.1. The van der Waals surface area contributed by atoms with Gasteiger partial charge in [-0.05, 0) is 40.6 Å². The lowest BCUT2D eigenvalue weighted by Crippen LogP contribution is -2.17. The van der Waals surface area contributed by atoms with Crippen molar-refractivity contribution in [3.8, 4) is 6.07 Å². The SMILES string of the molecule is CN(Cc1ccsc1)c1cc(C#N)ccc1N. The van der Waals surface area contributed by atoms with Crippen LogP contribution in [0.2, 0.25) is 0 Å². The van der Waals surface area contributed by atoms with Crippen LogP contribution in [0, 0.1) is 11.3 Å². The van der Waals surface area contributed by atoms with E-state index in [1.54, 1.807) is 23.5 Å². The molecule has 1 aromatic heterocycles. The highest BCUT2D eigenvalue weighted by Gasteiger charge is 2.07. The maximum atomic E-state index is 8.88. The Morgan fingerprint density at radius 2 is 2.24 bits per heavy atom. The van der Waals surface area contributed by atoms with E-state index in [0.29, 0.717) is 11.3 Å². The molecule has 4 heteroatoms. The summed E-state index contributed by atoms with van der Waals surface area (Å²) < 4.78 is 0. The smallest absolute Gasteiger partial charge is 0.0992 e. The predicted molar refractivity (Wildman–Crippen MR) is 72.0 cm³/mol. The largest absolute Gasteiger partial charge is 0.397 e. The van der Waals surface area contributed by atoms with E-state index in [4.69, 9.17) is 11.0 Å². The van der Waals surface area contributed by atoms with E-state index in [9.17, 15) is 0 Å². The molecule has 0 aliphatic rings. The summed E-state index contributed by atoms with van der Waals surface area (Å²) in [6.45, 7) is 0.794. The third kappa shape index (κ3) is 2.58. The van der Waals surface area contributed by atoms with Crippen molar-refractivity contribution in [1.82, 2.24) is 0 Å². The molecule has 1 aromatic carbocycles. The number of hydrogen-bond donors (Lipinski definition) is 1. The van der Waals surface area contributed by atoms with Crippen molar-refractivity contribution in [3.05, 3.63) is 46.2 Å². The van der Waals surface area contributed by atoms with Gasteiger partial charge in [-0.2, -0.15) is 16.6 Å². The Bertz CT molecular complexity index is 540. The van der Waals surface area contributed by atoms with Gasteiger partial charge < -0.3 is 10.6 Å². The van der Waals surface area contributed by atoms with Crippen LogP contribution in [-0.4, -0.2) is 7.05 Å². The van der Waals surface area contributed by atoms with Crippen molar-refractivity contribution in [2.45, 2.75) is 6.54 Å². The van der Waals surface area contributed by atoms with Gasteiger partial charge in [-0.15, -0.1) is 0 Å². The lowest BCUT2D eigenvalue weighted by molar-refractivity contribution is 0.929. The molecule has 17 heavy (non-hydrogen) atoms. The molecule has 2 N–H and O–H groups in total. The third-order valence-corrected chi connectivity index (χ3v) is 3.30. The van der Waals surface area contributed by atoms with Crippen LogP contribution >= 0.6 is 11.3 Å². The lowest BCUT2D eigenvalue weighted by Gasteiger charge is -2.20. The van der Waals surface area contributed by atoms with Gasteiger partial charge in [0.25, 0.3) is 0 Å². The predicted octanol–water partition coefficient (Wildman–Crippen LogP) is 2.84. The Morgan fingerprint density at radius 3 is 2.88 bits per heavy atom. The number of thiophene rings is 1. The van der Waals surface area contributed by atoms with Gasteiger partial charge in [0.05, 0.1) is 23.0 Å². The molecule has 1 heterocycles. The van der Waals surface area contributed by atoms with Crippen LogP contribution in [0.5, 0.6) is 0 Å². The summed E-state index contributed by atoms with van der Waals surface area (Å²) >= 11 is 1.68. The van der Waals surface area contributed by atoms with Crippen molar-refractivity contribution in [2.24, 2.45) is 0 Å². The standard InChI is InChI=1S/C13H13N3S/c1-16(8-11-4-5-17-9-11)13-6-10(7-14)2-3-12(13)15/h2-6,9H,8,15H2,1H3. The summed E-state index contributed by atoms with van der Waals surface area (Å²) in [4.78, 5) is 2.05. The van der Waals surface area contributed by atoms with E-state index in [1.165, 1.54) is 5.56 Å². The topological polar surface area (TPSA) is 53.0 Å². The summed E-state index contributed by atoms with van der Waals surface area (Å²) in [6.07, 6.45) is 0. The van der Waals surface area contributed by atoms with Gasteiger partial charge in [0.2, 0.25) is 0 Å². The van der Waals surface area contributed by atoms with E-state index < -0.39 is 0 Å². The quantitative estimate of drug-likeness (QED) is 0.843. The first-order chi connectivity index (χ1) is 8.20. The Hall–Kier alpha value is -1.99. The van der Waals surface area contributed by atoms with E-state index >= 15 is 0 Å².